The first kappa shape index (κ1) is 15.4. The van der Waals surface area contributed by atoms with Gasteiger partial charge in [-0.15, -0.1) is 0 Å². The summed E-state index contributed by atoms with van der Waals surface area (Å²) in [5.74, 6) is 0.581. The molecule has 112 valence electrons. The number of aliphatic hydroxyl groups is 1. The molecule has 0 radical (unpaired) electrons. The molecular formula is C16H17F2NO2. The molecule has 2 rings (SSSR count). The highest BCUT2D eigenvalue weighted by Gasteiger charge is 2.13. The number of aromatic nitrogens is 1. The van der Waals surface area contributed by atoms with Crippen molar-refractivity contribution in [3.05, 3.63) is 59.4 Å². The zero-order chi connectivity index (χ0) is 15.2. The fourth-order valence-electron chi connectivity index (χ4n) is 1.90. The molecule has 1 N–H and O–H groups in total. The van der Waals surface area contributed by atoms with Crippen LogP contribution in [0.2, 0.25) is 0 Å². The van der Waals surface area contributed by atoms with Crippen LogP contribution in [-0.2, 0) is 0 Å². The van der Waals surface area contributed by atoms with E-state index in [9.17, 15) is 13.9 Å². The van der Waals surface area contributed by atoms with Crippen LogP contribution in [0, 0.1) is 0 Å². The summed E-state index contributed by atoms with van der Waals surface area (Å²) in [5, 5.41) is 10.3. The lowest BCUT2D eigenvalue weighted by atomic mass is 10.0. The predicted octanol–water partition coefficient (Wildman–Crippen LogP) is 3.89. The van der Waals surface area contributed by atoms with E-state index in [1.165, 1.54) is 30.5 Å². The molecule has 5 heteroatoms. The van der Waals surface area contributed by atoms with Gasteiger partial charge in [0.2, 0.25) is 0 Å². The fourth-order valence-corrected chi connectivity index (χ4v) is 1.90. The first-order valence-corrected chi connectivity index (χ1v) is 6.75. The van der Waals surface area contributed by atoms with Gasteiger partial charge in [0.15, 0.2) is 0 Å². The summed E-state index contributed by atoms with van der Waals surface area (Å²) in [6, 6.07) is 7.31. The molecule has 0 amide bonds. The molecule has 0 aliphatic heterocycles. The number of hydrogen-bond acceptors (Lipinski definition) is 3. The van der Waals surface area contributed by atoms with Gasteiger partial charge in [0.1, 0.15) is 11.9 Å². The van der Waals surface area contributed by atoms with E-state index in [1.54, 1.807) is 12.3 Å². The molecule has 1 unspecified atom stereocenters. The average molecular weight is 293 g/mol. The van der Waals surface area contributed by atoms with Crippen LogP contribution in [0.3, 0.4) is 0 Å². The van der Waals surface area contributed by atoms with E-state index in [2.05, 4.69) is 4.98 Å². The predicted molar refractivity (Wildman–Crippen MR) is 75.5 cm³/mol. The van der Waals surface area contributed by atoms with Crippen LogP contribution < -0.4 is 4.74 Å². The third-order valence-electron chi connectivity index (χ3n) is 3.03. The first-order chi connectivity index (χ1) is 10.1. The lowest BCUT2D eigenvalue weighted by molar-refractivity contribution is 0.151. The summed E-state index contributed by atoms with van der Waals surface area (Å²) in [6.07, 6.45) is 0.552. The Morgan fingerprint density at radius 2 is 1.76 bits per heavy atom. The maximum atomic E-state index is 12.5. The van der Waals surface area contributed by atoms with Crippen LogP contribution in [0.1, 0.15) is 42.6 Å². The van der Waals surface area contributed by atoms with Crippen molar-refractivity contribution in [2.75, 3.05) is 6.61 Å². The summed E-state index contributed by atoms with van der Waals surface area (Å²) in [4.78, 5) is 4.02. The molecule has 2 aromatic rings. The Bertz CT molecular complexity index is 573. The van der Waals surface area contributed by atoms with Crippen LogP contribution in [0.4, 0.5) is 8.78 Å². The second kappa shape index (κ2) is 7.13. The van der Waals surface area contributed by atoms with E-state index >= 15 is 0 Å². The number of pyridine rings is 1. The van der Waals surface area contributed by atoms with Crippen molar-refractivity contribution >= 4 is 0 Å². The summed E-state index contributed by atoms with van der Waals surface area (Å²) >= 11 is 0. The number of hydrogen-bond donors (Lipinski definition) is 1. The van der Waals surface area contributed by atoms with Crippen molar-refractivity contribution in [3.8, 4) is 5.75 Å². The van der Waals surface area contributed by atoms with Crippen molar-refractivity contribution in [1.29, 1.82) is 0 Å². The number of halogens is 2. The molecular weight excluding hydrogens is 276 g/mol. The number of aliphatic hydroxyl groups excluding tert-OH is 1. The maximum absolute atomic E-state index is 12.5. The Labute approximate surface area is 122 Å². The van der Waals surface area contributed by atoms with Gasteiger partial charge in [-0.25, -0.2) is 8.78 Å². The van der Waals surface area contributed by atoms with Gasteiger partial charge in [0.05, 0.1) is 12.8 Å². The third-order valence-corrected chi connectivity index (χ3v) is 3.03. The van der Waals surface area contributed by atoms with Crippen molar-refractivity contribution in [2.24, 2.45) is 0 Å². The minimum absolute atomic E-state index is 0.0656. The molecule has 1 aromatic carbocycles. The largest absolute Gasteiger partial charge is 0.492 e. The first-order valence-electron chi connectivity index (χ1n) is 6.75. The molecule has 21 heavy (non-hydrogen) atoms. The zero-order valence-electron chi connectivity index (χ0n) is 11.7. The van der Waals surface area contributed by atoms with E-state index in [0.717, 1.165) is 6.42 Å². The SMILES string of the molecule is CCCOc1cncc(C(O)c2ccc(C(F)F)cc2)c1. The average Bonchev–Trinajstić information content (AvgIpc) is 2.52. The molecule has 1 aromatic heterocycles. The summed E-state index contributed by atoms with van der Waals surface area (Å²) in [7, 11) is 0. The van der Waals surface area contributed by atoms with Gasteiger partial charge >= 0.3 is 0 Å². The van der Waals surface area contributed by atoms with Gasteiger partial charge < -0.3 is 9.84 Å². The minimum atomic E-state index is -2.51. The van der Waals surface area contributed by atoms with Gasteiger partial charge in [0.25, 0.3) is 6.43 Å². The van der Waals surface area contributed by atoms with Crippen LogP contribution >= 0.6 is 0 Å². The molecule has 0 fully saturated rings. The summed E-state index contributed by atoms with van der Waals surface area (Å²) < 4.78 is 30.5. The van der Waals surface area contributed by atoms with Crippen molar-refractivity contribution in [2.45, 2.75) is 25.9 Å². The molecule has 0 spiro atoms. The Hall–Kier alpha value is -2.01. The number of benzene rings is 1. The smallest absolute Gasteiger partial charge is 0.263 e. The Balaban J connectivity index is 2.16. The van der Waals surface area contributed by atoms with E-state index < -0.39 is 12.5 Å². The standard InChI is InChI=1S/C16H17F2NO2/c1-2-7-21-14-8-13(9-19-10-14)15(20)11-3-5-12(6-4-11)16(17)18/h3-6,8-10,15-16,20H,2,7H2,1H3. The summed E-state index contributed by atoms with van der Waals surface area (Å²) in [6.45, 7) is 2.57. The third kappa shape index (κ3) is 3.98. The van der Waals surface area contributed by atoms with E-state index in [-0.39, 0.29) is 5.56 Å². The highest BCUT2D eigenvalue weighted by molar-refractivity contribution is 5.34. The quantitative estimate of drug-likeness (QED) is 0.878. The highest BCUT2D eigenvalue weighted by atomic mass is 19.3. The molecule has 0 aliphatic rings. The Morgan fingerprint density at radius 1 is 1.10 bits per heavy atom. The van der Waals surface area contributed by atoms with E-state index in [4.69, 9.17) is 4.74 Å². The Morgan fingerprint density at radius 3 is 2.38 bits per heavy atom. The van der Waals surface area contributed by atoms with Gasteiger partial charge in [0, 0.05) is 17.3 Å². The second-order valence-corrected chi connectivity index (χ2v) is 4.67. The monoisotopic (exact) mass is 293 g/mol. The van der Waals surface area contributed by atoms with Crippen molar-refractivity contribution in [3.63, 3.8) is 0 Å². The highest BCUT2D eigenvalue weighted by Crippen LogP contribution is 2.26. The topological polar surface area (TPSA) is 42.4 Å². The number of alkyl halides is 2. The van der Waals surface area contributed by atoms with Gasteiger partial charge in [-0.1, -0.05) is 31.2 Å². The number of rotatable bonds is 6. The van der Waals surface area contributed by atoms with Crippen molar-refractivity contribution in [1.82, 2.24) is 4.98 Å². The lowest BCUT2D eigenvalue weighted by Crippen LogP contribution is -2.02. The number of ether oxygens (including phenoxy) is 1. The van der Waals surface area contributed by atoms with Crippen LogP contribution in [0.15, 0.2) is 42.7 Å². The Kier molecular flexibility index (Phi) is 5.22. The fraction of sp³-hybridized carbons (Fsp3) is 0.312. The second-order valence-electron chi connectivity index (χ2n) is 4.67. The minimum Gasteiger partial charge on any atom is -0.492 e. The summed E-state index contributed by atoms with van der Waals surface area (Å²) in [5.41, 5.74) is 1.03. The molecule has 0 saturated heterocycles. The number of nitrogens with zero attached hydrogens (tertiary/aromatic N) is 1. The van der Waals surface area contributed by atoms with Gasteiger partial charge in [-0.3, -0.25) is 4.98 Å². The van der Waals surface area contributed by atoms with Gasteiger partial charge in [-0.05, 0) is 18.1 Å². The normalized spacial score (nSPS) is 12.4. The lowest BCUT2D eigenvalue weighted by Gasteiger charge is -2.13. The van der Waals surface area contributed by atoms with Crippen LogP contribution in [0.5, 0.6) is 5.75 Å². The van der Waals surface area contributed by atoms with Gasteiger partial charge in [-0.2, -0.15) is 0 Å². The van der Waals surface area contributed by atoms with Crippen LogP contribution in [0.25, 0.3) is 0 Å². The van der Waals surface area contributed by atoms with Crippen molar-refractivity contribution < 1.29 is 18.6 Å². The molecule has 1 heterocycles. The molecule has 1 atom stereocenters. The van der Waals surface area contributed by atoms with E-state index in [1.807, 2.05) is 6.92 Å². The molecule has 0 bridgehead atoms. The molecule has 0 aliphatic carbocycles. The van der Waals surface area contributed by atoms with E-state index in [0.29, 0.717) is 23.5 Å². The molecule has 0 saturated carbocycles. The molecule has 3 nitrogen and oxygen atoms in total. The maximum Gasteiger partial charge on any atom is 0.263 e. The zero-order valence-corrected chi connectivity index (χ0v) is 11.7. The van der Waals surface area contributed by atoms with Crippen LogP contribution in [-0.4, -0.2) is 16.7 Å².